The molecule has 1 nitrogen and oxygen atoms in total. The highest BCUT2D eigenvalue weighted by atomic mass is 15.0. The van der Waals surface area contributed by atoms with Crippen LogP contribution in [0.4, 0.5) is 0 Å². The van der Waals surface area contributed by atoms with Gasteiger partial charge in [-0.25, -0.2) is 0 Å². The molecule has 0 N–H and O–H groups in total. The minimum atomic E-state index is 0.549. The fraction of sp³-hybridized carbons (Fsp3) is 0.692. The van der Waals surface area contributed by atoms with Crippen LogP contribution in [0.5, 0.6) is 0 Å². The van der Waals surface area contributed by atoms with Crippen LogP contribution in [0.1, 0.15) is 50.5 Å². The van der Waals surface area contributed by atoms with Gasteiger partial charge in [-0.15, -0.1) is 0 Å². The van der Waals surface area contributed by atoms with Gasteiger partial charge in [-0.1, -0.05) is 13.8 Å². The summed E-state index contributed by atoms with van der Waals surface area (Å²) in [6, 6.07) is 5.22. The Labute approximate surface area is 87.1 Å². The molecule has 1 saturated carbocycles. The molecule has 14 heavy (non-hydrogen) atoms. The summed E-state index contributed by atoms with van der Waals surface area (Å²) in [5.41, 5.74) is 3.39. The Morgan fingerprint density at radius 2 is 1.79 bits per heavy atom. The molecule has 1 atom stereocenters. The summed E-state index contributed by atoms with van der Waals surface area (Å²) in [7, 11) is 0. The fourth-order valence-electron chi connectivity index (χ4n) is 2.88. The molecule has 1 heteroatoms. The number of nitrogens with zero attached hydrogens (tertiary/aromatic N) is 1. The van der Waals surface area contributed by atoms with Crippen LogP contribution in [-0.4, -0.2) is 4.57 Å². The van der Waals surface area contributed by atoms with E-state index in [0.29, 0.717) is 5.41 Å². The Kier molecular flexibility index (Phi) is 2.21. The van der Waals surface area contributed by atoms with Gasteiger partial charge in [0.05, 0.1) is 0 Å². The molecule has 2 rings (SSSR count). The molecular weight excluding hydrogens is 170 g/mol. The second-order valence-corrected chi connectivity index (χ2v) is 5.55. The van der Waals surface area contributed by atoms with Gasteiger partial charge < -0.3 is 4.57 Å². The molecule has 1 aliphatic rings. The smallest absolute Gasteiger partial charge is 0.0341 e. The van der Waals surface area contributed by atoms with Gasteiger partial charge in [0.1, 0.15) is 0 Å². The number of aryl methyl sites for hydroxylation is 2. The molecule has 0 spiro atoms. The molecule has 0 aliphatic heterocycles. The van der Waals surface area contributed by atoms with E-state index in [0.717, 1.165) is 6.04 Å². The van der Waals surface area contributed by atoms with Gasteiger partial charge in [0, 0.05) is 17.4 Å². The Hall–Kier alpha value is -0.720. The highest BCUT2D eigenvalue weighted by Crippen LogP contribution is 2.44. The van der Waals surface area contributed by atoms with Gasteiger partial charge in [0.25, 0.3) is 0 Å². The van der Waals surface area contributed by atoms with Crippen molar-refractivity contribution >= 4 is 0 Å². The topological polar surface area (TPSA) is 4.93 Å². The summed E-state index contributed by atoms with van der Waals surface area (Å²) < 4.78 is 2.52. The highest BCUT2D eigenvalue weighted by Gasteiger charge is 2.32. The third kappa shape index (κ3) is 1.60. The lowest BCUT2D eigenvalue weighted by molar-refractivity contribution is 0.356. The van der Waals surface area contributed by atoms with E-state index < -0.39 is 0 Å². The molecule has 1 aromatic heterocycles. The van der Waals surface area contributed by atoms with E-state index in [2.05, 4.69) is 44.4 Å². The Morgan fingerprint density at radius 3 is 2.21 bits per heavy atom. The summed E-state index contributed by atoms with van der Waals surface area (Å²) >= 11 is 0. The average molecular weight is 191 g/mol. The van der Waals surface area contributed by atoms with E-state index in [1.807, 2.05) is 0 Å². The Balaban J connectivity index is 2.25. The summed E-state index contributed by atoms with van der Waals surface area (Å²) in [5.74, 6) is 0. The average Bonchev–Trinajstić information content (AvgIpc) is 2.56. The molecule has 1 aromatic rings. The SMILES string of the molecule is Cc1ccc(C)n1C1CCC(C)(C)C1. The molecule has 0 amide bonds. The Morgan fingerprint density at radius 1 is 1.21 bits per heavy atom. The lowest BCUT2D eigenvalue weighted by atomic mass is 9.92. The van der Waals surface area contributed by atoms with Crippen LogP contribution in [-0.2, 0) is 0 Å². The quantitative estimate of drug-likeness (QED) is 0.635. The molecule has 1 fully saturated rings. The third-order valence-electron chi connectivity index (χ3n) is 3.63. The summed E-state index contributed by atoms with van der Waals surface area (Å²) in [5, 5.41) is 0. The van der Waals surface area contributed by atoms with Crippen molar-refractivity contribution in [3.8, 4) is 0 Å². The minimum absolute atomic E-state index is 0.549. The Bertz CT molecular complexity index is 314. The maximum atomic E-state index is 2.52. The van der Waals surface area contributed by atoms with E-state index in [-0.39, 0.29) is 0 Å². The van der Waals surface area contributed by atoms with Crippen LogP contribution in [0.25, 0.3) is 0 Å². The van der Waals surface area contributed by atoms with Crippen LogP contribution in [0, 0.1) is 19.3 Å². The predicted molar refractivity (Wildman–Crippen MR) is 60.6 cm³/mol. The maximum absolute atomic E-state index is 2.52. The van der Waals surface area contributed by atoms with Crippen molar-refractivity contribution in [2.24, 2.45) is 5.41 Å². The normalized spacial score (nSPS) is 25.6. The highest BCUT2D eigenvalue weighted by molar-refractivity contribution is 5.15. The summed E-state index contributed by atoms with van der Waals surface area (Å²) in [6.07, 6.45) is 4.06. The summed E-state index contributed by atoms with van der Waals surface area (Å²) in [6.45, 7) is 9.22. The first-order valence-corrected chi connectivity index (χ1v) is 5.64. The molecule has 1 heterocycles. The number of aromatic nitrogens is 1. The van der Waals surface area contributed by atoms with Crippen LogP contribution in [0.15, 0.2) is 12.1 Å². The van der Waals surface area contributed by atoms with E-state index >= 15 is 0 Å². The number of hydrogen-bond acceptors (Lipinski definition) is 0. The standard InChI is InChI=1S/C13H21N/c1-10-5-6-11(2)14(10)12-7-8-13(3,4)9-12/h5-6,12H,7-9H2,1-4H3. The van der Waals surface area contributed by atoms with Gasteiger partial charge in [0.15, 0.2) is 0 Å². The zero-order valence-corrected chi connectivity index (χ0v) is 9.80. The first-order chi connectivity index (χ1) is 6.49. The first-order valence-electron chi connectivity index (χ1n) is 5.64. The number of rotatable bonds is 1. The third-order valence-corrected chi connectivity index (χ3v) is 3.63. The first kappa shape index (κ1) is 9.82. The van der Waals surface area contributed by atoms with Crippen molar-refractivity contribution < 1.29 is 0 Å². The zero-order valence-electron chi connectivity index (χ0n) is 9.80. The largest absolute Gasteiger partial charge is 0.346 e. The zero-order chi connectivity index (χ0) is 10.3. The molecule has 0 saturated heterocycles. The summed E-state index contributed by atoms with van der Waals surface area (Å²) in [4.78, 5) is 0. The van der Waals surface area contributed by atoms with Crippen molar-refractivity contribution in [2.75, 3.05) is 0 Å². The van der Waals surface area contributed by atoms with E-state index in [1.54, 1.807) is 0 Å². The van der Waals surface area contributed by atoms with Crippen molar-refractivity contribution in [3.05, 3.63) is 23.5 Å². The van der Waals surface area contributed by atoms with E-state index in [1.165, 1.54) is 30.7 Å². The minimum Gasteiger partial charge on any atom is -0.346 e. The fourth-order valence-corrected chi connectivity index (χ4v) is 2.88. The van der Waals surface area contributed by atoms with Crippen molar-refractivity contribution in [3.63, 3.8) is 0 Å². The van der Waals surface area contributed by atoms with Crippen molar-refractivity contribution in [1.29, 1.82) is 0 Å². The monoisotopic (exact) mass is 191 g/mol. The van der Waals surface area contributed by atoms with Crippen molar-refractivity contribution in [1.82, 2.24) is 4.57 Å². The molecular formula is C13H21N. The maximum Gasteiger partial charge on any atom is 0.0341 e. The van der Waals surface area contributed by atoms with Gasteiger partial charge in [0.2, 0.25) is 0 Å². The molecule has 1 aliphatic carbocycles. The molecule has 78 valence electrons. The second-order valence-electron chi connectivity index (χ2n) is 5.55. The predicted octanol–water partition coefficient (Wildman–Crippen LogP) is 3.86. The molecule has 0 aromatic carbocycles. The lowest BCUT2D eigenvalue weighted by Gasteiger charge is -2.20. The lowest BCUT2D eigenvalue weighted by Crippen LogP contribution is -2.11. The van der Waals surface area contributed by atoms with Gasteiger partial charge in [-0.05, 0) is 50.7 Å². The van der Waals surface area contributed by atoms with Crippen LogP contribution in [0.2, 0.25) is 0 Å². The van der Waals surface area contributed by atoms with Gasteiger partial charge in [-0.2, -0.15) is 0 Å². The number of hydrogen-bond donors (Lipinski definition) is 0. The van der Waals surface area contributed by atoms with Crippen molar-refractivity contribution in [2.45, 2.75) is 53.0 Å². The van der Waals surface area contributed by atoms with Crippen LogP contribution < -0.4 is 0 Å². The van der Waals surface area contributed by atoms with Gasteiger partial charge in [-0.3, -0.25) is 0 Å². The van der Waals surface area contributed by atoms with E-state index in [4.69, 9.17) is 0 Å². The molecule has 0 bridgehead atoms. The van der Waals surface area contributed by atoms with Gasteiger partial charge >= 0.3 is 0 Å². The van der Waals surface area contributed by atoms with Crippen LogP contribution >= 0.6 is 0 Å². The second kappa shape index (κ2) is 3.15. The molecule has 0 radical (unpaired) electrons. The van der Waals surface area contributed by atoms with Crippen LogP contribution in [0.3, 0.4) is 0 Å². The van der Waals surface area contributed by atoms with E-state index in [9.17, 15) is 0 Å². The molecule has 1 unspecified atom stereocenters.